The van der Waals surface area contributed by atoms with Crippen LogP contribution in [0.4, 0.5) is 0 Å². The third kappa shape index (κ3) is 2.08. The van der Waals surface area contributed by atoms with Crippen LogP contribution in [0.25, 0.3) is 0 Å². The highest BCUT2D eigenvalue weighted by Crippen LogP contribution is 2.29. The van der Waals surface area contributed by atoms with Gasteiger partial charge in [0.1, 0.15) is 5.75 Å². The number of benzene rings is 1. The largest absolute Gasteiger partial charge is 0.507 e. The molecule has 5 N–H and O–H groups in total. The number of hydrogen-bond acceptors (Lipinski definition) is 4. The van der Waals surface area contributed by atoms with Crippen molar-refractivity contribution in [1.82, 2.24) is 0 Å². The molecule has 1 rings (SSSR count). The number of phenols is 1. The molecule has 1 aromatic carbocycles. The van der Waals surface area contributed by atoms with E-state index >= 15 is 0 Å². The third-order valence-electron chi connectivity index (χ3n) is 2.22. The van der Waals surface area contributed by atoms with Gasteiger partial charge >= 0.3 is 5.97 Å². The molecule has 15 heavy (non-hydrogen) atoms. The van der Waals surface area contributed by atoms with Crippen molar-refractivity contribution in [3.05, 3.63) is 28.8 Å². The molecule has 0 fully saturated rings. The molecule has 0 saturated carbocycles. The number of aliphatic hydroxyl groups is 1. The Morgan fingerprint density at radius 3 is 2.60 bits per heavy atom. The Morgan fingerprint density at radius 2 is 2.13 bits per heavy atom. The third-order valence-corrected chi connectivity index (χ3v) is 2.22. The monoisotopic (exact) mass is 211 g/mol. The molecule has 0 spiro atoms. The van der Waals surface area contributed by atoms with Crippen molar-refractivity contribution in [3.63, 3.8) is 0 Å². The quantitative estimate of drug-likeness (QED) is 0.579. The number of carbonyl (C=O) groups is 1. The van der Waals surface area contributed by atoms with E-state index in [1.807, 2.05) is 0 Å². The standard InChI is InChI=1S/C10H13NO4/c1-5-2-3-6(10(14)15)8(9(5)13)7(11)4-12/h2-3,7,12-13H,4,11H2,1H3,(H,14,15)/t7-/m1/s1. The molecule has 0 unspecified atom stereocenters. The number of aryl methyl sites for hydroxylation is 1. The molecule has 5 heteroatoms. The molecule has 0 aliphatic carbocycles. The van der Waals surface area contributed by atoms with Gasteiger partial charge in [-0.15, -0.1) is 0 Å². The number of nitrogens with two attached hydrogens (primary N) is 1. The Hall–Kier alpha value is -1.59. The van der Waals surface area contributed by atoms with Gasteiger partial charge in [-0.3, -0.25) is 0 Å². The smallest absolute Gasteiger partial charge is 0.336 e. The zero-order valence-electron chi connectivity index (χ0n) is 8.27. The lowest BCUT2D eigenvalue weighted by Gasteiger charge is -2.15. The van der Waals surface area contributed by atoms with Crippen LogP contribution in [0, 0.1) is 6.92 Å². The summed E-state index contributed by atoms with van der Waals surface area (Å²) in [5.41, 5.74) is 6.05. The van der Waals surface area contributed by atoms with Gasteiger partial charge in [0.05, 0.1) is 18.2 Å². The van der Waals surface area contributed by atoms with Gasteiger partial charge in [0, 0.05) is 5.56 Å². The summed E-state index contributed by atoms with van der Waals surface area (Å²) in [7, 11) is 0. The second kappa shape index (κ2) is 4.29. The molecule has 0 amide bonds. The summed E-state index contributed by atoms with van der Waals surface area (Å²) in [4.78, 5) is 10.9. The van der Waals surface area contributed by atoms with Crippen LogP contribution < -0.4 is 5.73 Å². The van der Waals surface area contributed by atoms with Crippen LogP contribution in [0.3, 0.4) is 0 Å². The first-order valence-electron chi connectivity index (χ1n) is 4.41. The molecule has 0 aromatic heterocycles. The first kappa shape index (κ1) is 11.5. The molecule has 0 bridgehead atoms. The summed E-state index contributed by atoms with van der Waals surface area (Å²) in [5, 5.41) is 27.4. The minimum absolute atomic E-state index is 0.0741. The normalized spacial score (nSPS) is 12.5. The van der Waals surface area contributed by atoms with Crippen molar-refractivity contribution in [1.29, 1.82) is 0 Å². The predicted molar refractivity (Wildman–Crippen MR) is 53.8 cm³/mol. The highest BCUT2D eigenvalue weighted by atomic mass is 16.4. The Labute approximate surface area is 86.8 Å². The zero-order chi connectivity index (χ0) is 11.6. The van der Waals surface area contributed by atoms with Gasteiger partial charge in [0.15, 0.2) is 0 Å². The van der Waals surface area contributed by atoms with Crippen LogP contribution in [0.1, 0.15) is 27.5 Å². The zero-order valence-corrected chi connectivity index (χ0v) is 8.27. The average Bonchev–Trinajstić information content (AvgIpc) is 2.20. The second-order valence-electron chi connectivity index (χ2n) is 3.29. The molecule has 1 aromatic rings. The molecule has 0 aliphatic heterocycles. The van der Waals surface area contributed by atoms with E-state index in [0.29, 0.717) is 5.56 Å². The fourth-order valence-electron chi connectivity index (χ4n) is 1.37. The van der Waals surface area contributed by atoms with Crippen molar-refractivity contribution in [2.24, 2.45) is 5.73 Å². The molecular weight excluding hydrogens is 198 g/mol. The second-order valence-corrected chi connectivity index (χ2v) is 3.29. The van der Waals surface area contributed by atoms with Crippen molar-refractivity contribution >= 4 is 5.97 Å². The summed E-state index contributed by atoms with van der Waals surface area (Å²) in [6.45, 7) is 1.21. The van der Waals surface area contributed by atoms with Gasteiger partial charge in [-0.25, -0.2) is 4.79 Å². The molecule has 82 valence electrons. The molecular formula is C10H13NO4. The maximum Gasteiger partial charge on any atom is 0.336 e. The number of aromatic carboxylic acids is 1. The Kier molecular flexibility index (Phi) is 3.28. The number of carboxylic acid groups (broad SMARTS) is 1. The van der Waals surface area contributed by atoms with Gasteiger partial charge in [-0.05, 0) is 18.6 Å². The first-order valence-corrected chi connectivity index (χ1v) is 4.41. The first-order chi connectivity index (χ1) is 6.99. The summed E-state index contributed by atoms with van der Waals surface area (Å²) < 4.78 is 0. The number of aliphatic hydroxyl groups excluding tert-OH is 1. The van der Waals surface area contributed by atoms with Crippen LogP contribution in [0.5, 0.6) is 5.75 Å². The van der Waals surface area contributed by atoms with Crippen LogP contribution >= 0.6 is 0 Å². The van der Waals surface area contributed by atoms with Crippen LogP contribution in [0.15, 0.2) is 12.1 Å². The summed E-state index contributed by atoms with van der Waals surface area (Å²) in [6.07, 6.45) is 0. The minimum atomic E-state index is -1.18. The van der Waals surface area contributed by atoms with E-state index in [4.69, 9.17) is 15.9 Å². The van der Waals surface area contributed by atoms with E-state index in [-0.39, 0.29) is 16.9 Å². The molecule has 1 atom stereocenters. The number of rotatable bonds is 3. The lowest BCUT2D eigenvalue weighted by molar-refractivity contribution is 0.0694. The Morgan fingerprint density at radius 1 is 1.53 bits per heavy atom. The van der Waals surface area contributed by atoms with Gasteiger partial charge < -0.3 is 21.1 Å². The van der Waals surface area contributed by atoms with E-state index < -0.39 is 18.6 Å². The van der Waals surface area contributed by atoms with E-state index in [9.17, 15) is 9.90 Å². The molecule has 0 radical (unpaired) electrons. The van der Waals surface area contributed by atoms with Crippen LogP contribution in [-0.4, -0.2) is 27.9 Å². The fourth-order valence-corrected chi connectivity index (χ4v) is 1.37. The molecule has 5 nitrogen and oxygen atoms in total. The lowest BCUT2D eigenvalue weighted by Crippen LogP contribution is -2.18. The maximum absolute atomic E-state index is 10.9. The van der Waals surface area contributed by atoms with Crippen molar-refractivity contribution in [2.75, 3.05) is 6.61 Å². The fraction of sp³-hybridized carbons (Fsp3) is 0.300. The highest BCUT2D eigenvalue weighted by Gasteiger charge is 2.20. The number of hydrogen-bond donors (Lipinski definition) is 4. The van der Waals surface area contributed by atoms with Crippen molar-refractivity contribution in [2.45, 2.75) is 13.0 Å². The number of carboxylic acids is 1. The molecule has 0 heterocycles. The lowest BCUT2D eigenvalue weighted by atomic mass is 9.97. The Bertz CT molecular complexity index is 389. The van der Waals surface area contributed by atoms with Gasteiger partial charge in [-0.2, -0.15) is 0 Å². The number of aromatic hydroxyl groups is 1. The van der Waals surface area contributed by atoms with E-state index in [1.54, 1.807) is 6.92 Å². The predicted octanol–water partition coefficient (Wildman–Crippen LogP) is 0.391. The summed E-state index contributed by atoms with van der Waals surface area (Å²) in [6, 6.07) is 1.96. The van der Waals surface area contributed by atoms with E-state index in [2.05, 4.69) is 0 Å². The average molecular weight is 211 g/mol. The van der Waals surface area contributed by atoms with Gasteiger partial charge in [0.2, 0.25) is 0 Å². The van der Waals surface area contributed by atoms with Crippen molar-refractivity contribution in [3.8, 4) is 5.75 Å². The van der Waals surface area contributed by atoms with E-state index in [0.717, 1.165) is 0 Å². The molecule has 0 aliphatic rings. The van der Waals surface area contributed by atoms with Crippen molar-refractivity contribution < 1.29 is 20.1 Å². The maximum atomic E-state index is 10.9. The highest BCUT2D eigenvalue weighted by molar-refractivity contribution is 5.90. The SMILES string of the molecule is Cc1ccc(C(=O)O)c([C@H](N)CO)c1O. The van der Waals surface area contributed by atoms with Gasteiger partial charge in [-0.1, -0.05) is 6.07 Å². The van der Waals surface area contributed by atoms with E-state index in [1.165, 1.54) is 12.1 Å². The summed E-state index contributed by atoms with van der Waals surface area (Å²) >= 11 is 0. The van der Waals surface area contributed by atoms with Gasteiger partial charge in [0.25, 0.3) is 0 Å². The molecule has 0 saturated heterocycles. The Balaban J connectivity index is 3.41. The van der Waals surface area contributed by atoms with Crippen LogP contribution in [-0.2, 0) is 0 Å². The summed E-state index contributed by atoms with van der Waals surface area (Å²) in [5.74, 6) is -1.35. The number of phenolic OH excluding ortho intramolecular Hbond substituents is 1. The topological polar surface area (TPSA) is 104 Å². The minimum Gasteiger partial charge on any atom is -0.507 e. The van der Waals surface area contributed by atoms with Crippen LogP contribution in [0.2, 0.25) is 0 Å².